The molecule has 2 aliphatic rings. The minimum atomic E-state index is 0.120. The number of nitrogens with zero attached hydrogens (tertiary/aromatic N) is 2. The summed E-state index contributed by atoms with van der Waals surface area (Å²) >= 11 is 0. The topological polar surface area (TPSA) is 61.9 Å². The van der Waals surface area contributed by atoms with Crippen molar-refractivity contribution in [2.45, 2.75) is 33.2 Å². The summed E-state index contributed by atoms with van der Waals surface area (Å²) in [6.07, 6.45) is 5.58. The molecule has 2 atom stereocenters. The van der Waals surface area contributed by atoms with Crippen LogP contribution in [0.4, 0.5) is 0 Å². The van der Waals surface area contributed by atoms with E-state index in [1.54, 1.807) is 0 Å². The number of nitrogens with one attached hydrogen (secondary N) is 1. The first kappa shape index (κ1) is 21.4. The van der Waals surface area contributed by atoms with Crippen molar-refractivity contribution < 1.29 is 14.3 Å². The second-order valence-electron chi connectivity index (χ2n) is 7.77. The van der Waals surface area contributed by atoms with Gasteiger partial charge in [-0.2, -0.15) is 0 Å². The molecule has 6 heteroatoms. The molecule has 2 amide bonds. The third-order valence-corrected chi connectivity index (χ3v) is 5.99. The highest BCUT2D eigenvalue weighted by Gasteiger charge is 2.32. The molecule has 2 bridgehead atoms. The fourth-order valence-corrected chi connectivity index (χ4v) is 4.23. The monoisotopic (exact) mass is 399 g/mol. The number of hydrogen-bond donors (Lipinski definition) is 1. The number of carbonyl (C=O) groups excluding carboxylic acids is 2. The van der Waals surface area contributed by atoms with Crippen molar-refractivity contribution in [3.05, 3.63) is 42.0 Å². The number of amides is 2. The van der Waals surface area contributed by atoms with E-state index in [0.717, 1.165) is 30.8 Å². The third-order valence-electron chi connectivity index (χ3n) is 5.99. The number of hydrogen-bond acceptors (Lipinski definition) is 4. The minimum absolute atomic E-state index is 0.120. The summed E-state index contributed by atoms with van der Waals surface area (Å²) in [7, 11) is 0. The predicted octanol–water partition coefficient (Wildman–Crippen LogP) is 2.45. The fourth-order valence-electron chi connectivity index (χ4n) is 4.23. The zero-order valence-electron chi connectivity index (χ0n) is 17.6. The number of benzene rings is 1. The molecule has 2 heterocycles. The van der Waals surface area contributed by atoms with Gasteiger partial charge in [-0.1, -0.05) is 30.4 Å². The van der Waals surface area contributed by atoms with Crippen LogP contribution in [0.2, 0.25) is 0 Å². The van der Waals surface area contributed by atoms with Gasteiger partial charge in [0, 0.05) is 44.7 Å². The van der Waals surface area contributed by atoms with Gasteiger partial charge in [0.1, 0.15) is 12.4 Å². The van der Waals surface area contributed by atoms with Gasteiger partial charge in [-0.3, -0.25) is 9.59 Å². The van der Waals surface area contributed by atoms with Gasteiger partial charge in [-0.15, -0.1) is 0 Å². The van der Waals surface area contributed by atoms with Gasteiger partial charge < -0.3 is 19.9 Å². The van der Waals surface area contributed by atoms with Gasteiger partial charge in [0.2, 0.25) is 11.8 Å². The lowest BCUT2D eigenvalue weighted by atomic mass is 9.82. The molecule has 0 saturated carbocycles. The van der Waals surface area contributed by atoms with E-state index >= 15 is 0 Å². The van der Waals surface area contributed by atoms with Crippen LogP contribution in [0.1, 0.15) is 32.3 Å². The zero-order valence-corrected chi connectivity index (χ0v) is 17.6. The average molecular weight is 400 g/mol. The molecule has 0 aromatic heterocycles. The molecule has 2 aliphatic heterocycles. The van der Waals surface area contributed by atoms with Crippen LogP contribution in [0.5, 0.6) is 5.75 Å². The van der Waals surface area contributed by atoms with Crippen LogP contribution in [0, 0.1) is 11.8 Å². The molecule has 29 heavy (non-hydrogen) atoms. The molecule has 0 radical (unpaired) electrons. The first-order valence-corrected chi connectivity index (χ1v) is 10.8. The van der Waals surface area contributed by atoms with Crippen LogP contribution in [0.15, 0.2) is 36.4 Å². The van der Waals surface area contributed by atoms with Crippen molar-refractivity contribution >= 4 is 11.8 Å². The highest BCUT2D eigenvalue weighted by Crippen LogP contribution is 2.29. The molecule has 1 fully saturated rings. The van der Waals surface area contributed by atoms with E-state index in [9.17, 15) is 9.59 Å². The number of rotatable bonds is 4. The predicted molar refractivity (Wildman–Crippen MR) is 114 cm³/mol. The summed E-state index contributed by atoms with van der Waals surface area (Å²) in [5, 5.41) is 3.25. The lowest BCUT2D eigenvalue weighted by Gasteiger charge is -2.38. The highest BCUT2D eigenvalue weighted by atomic mass is 16.5. The molecule has 0 unspecified atom stereocenters. The average Bonchev–Trinajstić information content (AvgIpc) is 2.74. The molecular formula is C23H33N3O3. The van der Waals surface area contributed by atoms with Crippen molar-refractivity contribution in [3.63, 3.8) is 0 Å². The number of piperidine rings is 1. The van der Waals surface area contributed by atoms with Crippen LogP contribution in [0.25, 0.3) is 0 Å². The minimum Gasteiger partial charge on any atom is -0.489 e. The van der Waals surface area contributed by atoms with E-state index in [1.807, 2.05) is 54.0 Å². The number of carbonyl (C=O) groups is 2. The van der Waals surface area contributed by atoms with Crippen LogP contribution >= 0.6 is 0 Å². The summed E-state index contributed by atoms with van der Waals surface area (Å²) in [4.78, 5) is 29.2. The molecule has 1 N–H and O–H groups in total. The van der Waals surface area contributed by atoms with E-state index in [2.05, 4.69) is 11.4 Å². The Balaban J connectivity index is 1.74. The molecule has 3 rings (SSSR count). The zero-order chi connectivity index (χ0) is 20.6. The first-order valence-electron chi connectivity index (χ1n) is 10.8. The Kier molecular flexibility index (Phi) is 7.69. The van der Waals surface area contributed by atoms with Gasteiger partial charge in [0.05, 0.1) is 6.54 Å². The van der Waals surface area contributed by atoms with Crippen molar-refractivity contribution in [3.8, 4) is 5.75 Å². The SMILES string of the molecule is CCN(CC)C(=O)C[C@@H]1CCN2C[C@@H]1C=CCOc1ccccc1CNCC2=O. The van der Waals surface area contributed by atoms with E-state index < -0.39 is 0 Å². The lowest BCUT2D eigenvalue weighted by molar-refractivity contribution is -0.134. The summed E-state index contributed by atoms with van der Waals surface area (Å²) in [6, 6.07) is 7.91. The molecule has 6 nitrogen and oxygen atoms in total. The second-order valence-corrected chi connectivity index (χ2v) is 7.77. The van der Waals surface area contributed by atoms with Gasteiger partial charge >= 0.3 is 0 Å². The standard InChI is InChI=1S/C23H33N3O3/c1-3-25(4-2)22(27)14-18-11-12-26-17-20(18)9-7-13-29-21-10-6-5-8-19(21)15-24-16-23(26)28/h5-10,18,20,24H,3-4,11-17H2,1-2H3/t18-,20-/m0/s1. The maximum atomic E-state index is 12.7. The van der Waals surface area contributed by atoms with E-state index in [-0.39, 0.29) is 23.7 Å². The van der Waals surface area contributed by atoms with Crippen molar-refractivity contribution in [1.29, 1.82) is 0 Å². The molecule has 1 saturated heterocycles. The Labute approximate surface area is 173 Å². The van der Waals surface area contributed by atoms with E-state index in [1.165, 1.54) is 0 Å². The molecule has 158 valence electrons. The molecule has 0 aliphatic carbocycles. The number of fused-ring (bicyclic) bond motifs is 3. The van der Waals surface area contributed by atoms with Crippen LogP contribution < -0.4 is 10.1 Å². The van der Waals surface area contributed by atoms with Crippen molar-refractivity contribution in [1.82, 2.24) is 15.1 Å². The van der Waals surface area contributed by atoms with Crippen LogP contribution in [0.3, 0.4) is 0 Å². The van der Waals surface area contributed by atoms with Gasteiger partial charge in [-0.25, -0.2) is 0 Å². The largest absolute Gasteiger partial charge is 0.489 e. The smallest absolute Gasteiger partial charge is 0.236 e. The van der Waals surface area contributed by atoms with E-state index in [4.69, 9.17) is 4.74 Å². The molecule has 1 aromatic carbocycles. The van der Waals surface area contributed by atoms with Gasteiger partial charge in [0.15, 0.2) is 0 Å². The Morgan fingerprint density at radius 1 is 1.24 bits per heavy atom. The Morgan fingerprint density at radius 3 is 2.83 bits per heavy atom. The van der Waals surface area contributed by atoms with Crippen LogP contribution in [-0.4, -0.2) is 60.9 Å². The normalized spacial score (nSPS) is 22.6. The van der Waals surface area contributed by atoms with Crippen LogP contribution in [-0.2, 0) is 16.1 Å². The maximum absolute atomic E-state index is 12.7. The summed E-state index contributed by atoms with van der Waals surface area (Å²) in [6.45, 7) is 8.30. The third kappa shape index (κ3) is 5.60. The Bertz CT molecular complexity index is 730. The molecule has 1 aromatic rings. The number of ether oxygens (including phenoxy) is 1. The maximum Gasteiger partial charge on any atom is 0.236 e. The lowest BCUT2D eigenvalue weighted by Crippen LogP contribution is -2.47. The fraction of sp³-hybridized carbons (Fsp3) is 0.565. The summed E-state index contributed by atoms with van der Waals surface area (Å²) < 4.78 is 5.95. The summed E-state index contributed by atoms with van der Waals surface area (Å²) in [5.41, 5.74) is 1.05. The second kappa shape index (κ2) is 10.4. The Hall–Kier alpha value is -2.34. The van der Waals surface area contributed by atoms with Gasteiger partial charge in [0.25, 0.3) is 0 Å². The van der Waals surface area contributed by atoms with E-state index in [0.29, 0.717) is 39.2 Å². The Morgan fingerprint density at radius 2 is 2.03 bits per heavy atom. The van der Waals surface area contributed by atoms with Gasteiger partial charge in [-0.05, 0) is 38.2 Å². The van der Waals surface area contributed by atoms with Crippen molar-refractivity contribution in [2.75, 3.05) is 39.3 Å². The molecule has 0 spiro atoms. The first-order chi connectivity index (χ1) is 14.1. The number of para-hydroxylation sites is 1. The summed E-state index contributed by atoms with van der Waals surface area (Å²) in [5.74, 6) is 1.60. The molecular weight excluding hydrogens is 366 g/mol. The van der Waals surface area contributed by atoms with Crippen molar-refractivity contribution in [2.24, 2.45) is 11.8 Å². The quantitative estimate of drug-likeness (QED) is 0.790. The highest BCUT2D eigenvalue weighted by molar-refractivity contribution is 5.79.